The Morgan fingerprint density at radius 2 is 2.12 bits per heavy atom. The normalized spacial score (nSPS) is 10.1. The number of hydrogen-bond acceptors (Lipinski definition) is 4. The minimum atomic E-state index is 0.581. The van der Waals surface area contributed by atoms with Gasteiger partial charge in [0.15, 0.2) is 6.29 Å². The first-order chi connectivity index (χ1) is 7.79. The molecule has 0 amide bonds. The highest BCUT2D eigenvalue weighted by Crippen LogP contribution is 2.26. The number of nitrogens with zero attached hydrogens (tertiary/aromatic N) is 2. The minimum Gasteiger partial charge on any atom is -0.298 e. The molecule has 0 aliphatic carbocycles. The summed E-state index contributed by atoms with van der Waals surface area (Å²) in [6.07, 6.45) is 4.17. The van der Waals surface area contributed by atoms with Gasteiger partial charge in [0.1, 0.15) is 10.1 Å². The van der Waals surface area contributed by atoms with Crippen molar-refractivity contribution in [2.45, 2.75) is 10.1 Å². The average molecular weight is 295 g/mol. The van der Waals surface area contributed by atoms with Gasteiger partial charge in [-0.05, 0) is 52.0 Å². The van der Waals surface area contributed by atoms with Crippen LogP contribution in [-0.4, -0.2) is 16.3 Å². The number of carbonyl (C=O) groups excluding carboxylic acids is 1. The van der Waals surface area contributed by atoms with Crippen molar-refractivity contribution in [3.05, 3.63) is 46.7 Å². The second-order valence-corrected chi connectivity index (χ2v) is 4.86. The van der Waals surface area contributed by atoms with Crippen LogP contribution in [0.3, 0.4) is 0 Å². The molecule has 0 spiro atoms. The molecule has 0 atom stereocenters. The van der Waals surface area contributed by atoms with E-state index in [0.29, 0.717) is 10.6 Å². The number of aldehydes is 1. The molecule has 0 aliphatic heterocycles. The topological polar surface area (TPSA) is 42.9 Å². The fourth-order valence-electron chi connectivity index (χ4n) is 1.10. The molecule has 3 nitrogen and oxygen atoms in total. The van der Waals surface area contributed by atoms with Gasteiger partial charge in [0.2, 0.25) is 0 Å². The van der Waals surface area contributed by atoms with Crippen LogP contribution in [0, 0.1) is 0 Å². The van der Waals surface area contributed by atoms with E-state index in [0.717, 1.165) is 15.8 Å². The predicted octanol–water partition coefficient (Wildman–Crippen LogP) is 3.20. The van der Waals surface area contributed by atoms with E-state index in [-0.39, 0.29) is 0 Å². The number of rotatable bonds is 3. The van der Waals surface area contributed by atoms with Crippen LogP contribution >= 0.6 is 27.7 Å². The Labute approximate surface area is 105 Å². The van der Waals surface area contributed by atoms with Crippen molar-refractivity contribution in [2.75, 3.05) is 0 Å². The first-order valence-corrected chi connectivity index (χ1v) is 6.10. The summed E-state index contributed by atoms with van der Waals surface area (Å²) in [5.41, 5.74) is 0.581. The smallest absolute Gasteiger partial charge is 0.152 e. The van der Waals surface area contributed by atoms with E-state index in [1.165, 1.54) is 11.8 Å². The summed E-state index contributed by atoms with van der Waals surface area (Å²) in [6.45, 7) is 0. The van der Waals surface area contributed by atoms with Crippen LogP contribution in [0.4, 0.5) is 0 Å². The molecule has 0 N–H and O–H groups in total. The third-order valence-electron chi connectivity index (χ3n) is 1.83. The van der Waals surface area contributed by atoms with Crippen molar-refractivity contribution in [3.63, 3.8) is 0 Å². The lowest BCUT2D eigenvalue weighted by atomic mass is 10.3. The van der Waals surface area contributed by atoms with Crippen LogP contribution in [-0.2, 0) is 0 Å². The van der Waals surface area contributed by atoms with Gasteiger partial charge >= 0.3 is 0 Å². The SMILES string of the molecule is O=Cc1cccnc1Sc1ccc(Br)cn1. The molecule has 0 aromatic carbocycles. The van der Waals surface area contributed by atoms with E-state index in [1.807, 2.05) is 12.1 Å². The first kappa shape index (κ1) is 11.3. The maximum atomic E-state index is 10.8. The Bertz CT molecular complexity index is 502. The lowest BCUT2D eigenvalue weighted by Gasteiger charge is -2.02. The molecule has 2 aromatic rings. The largest absolute Gasteiger partial charge is 0.298 e. The molecule has 0 saturated heterocycles. The Hall–Kier alpha value is -1.20. The Balaban J connectivity index is 2.26. The van der Waals surface area contributed by atoms with Gasteiger partial charge in [-0.3, -0.25) is 4.79 Å². The molecule has 2 rings (SSSR count). The molecule has 2 aromatic heterocycles. The summed E-state index contributed by atoms with van der Waals surface area (Å²) < 4.78 is 0.925. The quantitative estimate of drug-likeness (QED) is 0.816. The average Bonchev–Trinajstić information content (AvgIpc) is 2.33. The molecule has 0 saturated carbocycles. The standard InChI is InChI=1S/C11H7BrN2OS/c12-9-3-4-10(14-6-9)16-11-8(7-15)2-1-5-13-11/h1-7H. The predicted molar refractivity (Wildman–Crippen MR) is 65.7 cm³/mol. The highest BCUT2D eigenvalue weighted by Gasteiger charge is 2.05. The zero-order valence-corrected chi connectivity index (χ0v) is 10.5. The zero-order valence-electron chi connectivity index (χ0n) is 8.13. The van der Waals surface area contributed by atoms with Crippen molar-refractivity contribution in [3.8, 4) is 0 Å². The Morgan fingerprint density at radius 3 is 2.81 bits per heavy atom. The van der Waals surface area contributed by atoms with E-state index in [2.05, 4.69) is 25.9 Å². The van der Waals surface area contributed by atoms with E-state index in [1.54, 1.807) is 24.5 Å². The van der Waals surface area contributed by atoms with Crippen LogP contribution in [0.15, 0.2) is 51.2 Å². The summed E-state index contributed by atoms with van der Waals surface area (Å²) in [6, 6.07) is 7.25. The van der Waals surface area contributed by atoms with Crippen molar-refractivity contribution in [2.24, 2.45) is 0 Å². The third kappa shape index (κ3) is 2.68. The summed E-state index contributed by atoms with van der Waals surface area (Å²) >= 11 is 4.69. The fraction of sp³-hybridized carbons (Fsp3) is 0. The molecule has 80 valence electrons. The number of halogens is 1. The lowest BCUT2D eigenvalue weighted by Crippen LogP contribution is -1.89. The number of hydrogen-bond donors (Lipinski definition) is 0. The summed E-state index contributed by atoms with van der Waals surface area (Å²) in [5, 5.41) is 1.48. The number of aromatic nitrogens is 2. The molecule has 0 aliphatic rings. The van der Waals surface area contributed by atoms with Gasteiger partial charge in [0.05, 0.1) is 0 Å². The van der Waals surface area contributed by atoms with Gasteiger partial charge in [0.25, 0.3) is 0 Å². The van der Waals surface area contributed by atoms with Gasteiger partial charge in [-0.1, -0.05) is 0 Å². The number of carbonyl (C=O) groups is 1. The Kier molecular flexibility index (Phi) is 3.69. The van der Waals surface area contributed by atoms with Crippen molar-refractivity contribution in [1.82, 2.24) is 9.97 Å². The maximum Gasteiger partial charge on any atom is 0.152 e. The minimum absolute atomic E-state index is 0.581. The van der Waals surface area contributed by atoms with Crippen LogP contribution in [0.25, 0.3) is 0 Å². The second kappa shape index (κ2) is 5.23. The zero-order chi connectivity index (χ0) is 11.4. The van der Waals surface area contributed by atoms with E-state index >= 15 is 0 Å². The number of pyridine rings is 2. The van der Waals surface area contributed by atoms with Gasteiger partial charge in [-0.25, -0.2) is 9.97 Å². The highest BCUT2D eigenvalue weighted by molar-refractivity contribution is 9.10. The molecule has 0 bridgehead atoms. The van der Waals surface area contributed by atoms with E-state index < -0.39 is 0 Å². The maximum absolute atomic E-state index is 10.8. The van der Waals surface area contributed by atoms with Gasteiger partial charge in [-0.15, -0.1) is 0 Å². The summed E-state index contributed by atoms with van der Waals surface area (Å²) in [4.78, 5) is 19.1. The van der Waals surface area contributed by atoms with Crippen LogP contribution in [0.5, 0.6) is 0 Å². The molecule has 0 unspecified atom stereocenters. The molecule has 16 heavy (non-hydrogen) atoms. The fourth-order valence-corrected chi connectivity index (χ4v) is 2.12. The van der Waals surface area contributed by atoms with Crippen LogP contribution in [0.2, 0.25) is 0 Å². The summed E-state index contributed by atoms with van der Waals surface area (Å²) in [7, 11) is 0. The molecule has 0 fully saturated rings. The Morgan fingerprint density at radius 1 is 1.25 bits per heavy atom. The van der Waals surface area contributed by atoms with Gasteiger partial charge in [-0.2, -0.15) is 0 Å². The third-order valence-corrected chi connectivity index (χ3v) is 3.28. The van der Waals surface area contributed by atoms with Gasteiger partial charge < -0.3 is 0 Å². The van der Waals surface area contributed by atoms with Crippen molar-refractivity contribution >= 4 is 34.0 Å². The lowest BCUT2D eigenvalue weighted by molar-refractivity contribution is 0.112. The van der Waals surface area contributed by atoms with E-state index in [9.17, 15) is 4.79 Å². The summed E-state index contributed by atoms with van der Waals surface area (Å²) in [5.74, 6) is 0. The van der Waals surface area contributed by atoms with Gasteiger partial charge in [0, 0.05) is 22.4 Å². The van der Waals surface area contributed by atoms with Crippen molar-refractivity contribution < 1.29 is 4.79 Å². The molecular weight excluding hydrogens is 288 g/mol. The van der Waals surface area contributed by atoms with Crippen LogP contribution in [0.1, 0.15) is 10.4 Å². The molecule has 0 radical (unpaired) electrons. The van der Waals surface area contributed by atoms with E-state index in [4.69, 9.17) is 0 Å². The molecule has 2 heterocycles. The highest BCUT2D eigenvalue weighted by atomic mass is 79.9. The molecule has 5 heteroatoms. The van der Waals surface area contributed by atoms with Crippen LogP contribution < -0.4 is 0 Å². The first-order valence-electron chi connectivity index (χ1n) is 4.49. The van der Waals surface area contributed by atoms with Crippen molar-refractivity contribution in [1.29, 1.82) is 0 Å². The second-order valence-electron chi connectivity index (χ2n) is 2.93. The molecular formula is C11H7BrN2OS. The monoisotopic (exact) mass is 294 g/mol.